The third-order valence-electron chi connectivity index (χ3n) is 5.54. The summed E-state index contributed by atoms with van der Waals surface area (Å²) in [7, 11) is 0. The van der Waals surface area contributed by atoms with Crippen LogP contribution in [0.4, 0.5) is 5.69 Å². The molecule has 0 spiro atoms. The molecule has 8 nitrogen and oxygen atoms in total. The minimum atomic E-state index is -0.677. The van der Waals surface area contributed by atoms with Crippen LogP contribution in [0.25, 0.3) is 0 Å². The molecule has 2 aliphatic rings. The number of nitrogens with one attached hydrogen (secondary N) is 2. The molecule has 0 bridgehead atoms. The highest BCUT2D eigenvalue weighted by Gasteiger charge is 2.39. The van der Waals surface area contributed by atoms with Crippen LogP contribution in [0.3, 0.4) is 0 Å². The summed E-state index contributed by atoms with van der Waals surface area (Å²) in [5.41, 5.74) is 8.92. The lowest BCUT2D eigenvalue weighted by atomic mass is 10.0. The second-order valence-corrected chi connectivity index (χ2v) is 7.64. The SMILES string of the molecule is C[C@H](NC(=O)c1ccc2c(c1)CN(C1CCC(=O)NC1=O)C2=O)c1cccc(N)c1. The Labute approximate surface area is 173 Å². The molecule has 2 atom stereocenters. The normalized spacial score (nSPS) is 19.3. The van der Waals surface area contributed by atoms with E-state index in [1.807, 2.05) is 25.1 Å². The molecule has 154 valence electrons. The average molecular weight is 406 g/mol. The van der Waals surface area contributed by atoms with Crippen LogP contribution in [-0.2, 0) is 16.1 Å². The standard InChI is InChI=1S/C22H22N4O4/c1-12(13-3-2-4-16(23)10-13)24-20(28)14-5-6-17-15(9-14)11-26(22(17)30)18-7-8-19(27)25-21(18)29/h2-6,9-10,12,18H,7-8,11,23H2,1H3,(H,24,28)(H,25,27,29)/t12-,18?/m0/s1. The van der Waals surface area contributed by atoms with Gasteiger partial charge in [0.1, 0.15) is 6.04 Å². The minimum Gasteiger partial charge on any atom is -0.399 e. The molecule has 8 heteroatoms. The molecule has 2 heterocycles. The van der Waals surface area contributed by atoms with Crippen LogP contribution in [0.1, 0.15) is 57.7 Å². The molecule has 2 aromatic carbocycles. The van der Waals surface area contributed by atoms with Gasteiger partial charge in [-0.1, -0.05) is 12.1 Å². The number of benzene rings is 2. The second kappa shape index (κ2) is 7.62. The van der Waals surface area contributed by atoms with Crippen LogP contribution in [0, 0.1) is 0 Å². The third-order valence-corrected chi connectivity index (χ3v) is 5.54. The van der Waals surface area contributed by atoms with E-state index in [2.05, 4.69) is 10.6 Å². The molecule has 0 saturated carbocycles. The first kappa shape index (κ1) is 19.6. The van der Waals surface area contributed by atoms with Gasteiger partial charge in [0.25, 0.3) is 11.8 Å². The highest BCUT2D eigenvalue weighted by molar-refractivity contribution is 6.06. The van der Waals surface area contributed by atoms with Crippen molar-refractivity contribution in [1.29, 1.82) is 0 Å². The molecular weight excluding hydrogens is 384 g/mol. The first-order valence-corrected chi connectivity index (χ1v) is 9.77. The van der Waals surface area contributed by atoms with Crippen LogP contribution in [0.15, 0.2) is 42.5 Å². The summed E-state index contributed by atoms with van der Waals surface area (Å²) in [4.78, 5) is 50.5. The van der Waals surface area contributed by atoms with Crippen LogP contribution >= 0.6 is 0 Å². The number of carbonyl (C=O) groups is 4. The zero-order valence-corrected chi connectivity index (χ0v) is 16.5. The summed E-state index contributed by atoms with van der Waals surface area (Å²) >= 11 is 0. The molecule has 0 aliphatic carbocycles. The van der Waals surface area contributed by atoms with Gasteiger partial charge in [0, 0.05) is 29.8 Å². The highest BCUT2D eigenvalue weighted by Crippen LogP contribution is 2.28. The lowest BCUT2D eigenvalue weighted by Crippen LogP contribution is -2.52. The average Bonchev–Trinajstić information content (AvgIpc) is 3.03. The summed E-state index contributed by atoms with van der Waals surface area (Å²) in [5.74, 6) is -1.31. The van der Waals surface area contributed by atoms with E-state index in [1.165, 1.54) is 4.90 Å². The molecule has 4 amide bonds. The molecule has 2 aliphatic heterocycles. The third kappa shape index (κ3) is 3.63. The Morgan fingerprint density at radius 3 is 2.73 bits per heavy atom. The number of carbonyl (C=O) groups excluding carboxylic acids is 4. The van der Waals surface area contributed by atoms with Gasteiger partial charge in [-0.05, 0) is 54.8 Å². The van der Waals surface area contributed by atoms with E-state index < -0.39 is 11.9 Å². The molecule has 2 aromatic rings. The summed E-state index contributed by atoms with van der Waals surface area (Å²) < 4.78 is 0. The number of fused-ring (bicyclic) bond motifs is 1. The van der Waals surface area contributed by atoms with Crippen molar-refractivity contribution in [2.45, 2.75) is 38.4 Å². The topological polar surface area (TPSA) is 122 Å². The zero-order valence-electron chi connectivity index (χ0n) is 16.5. The van der Waals surface area contributed by atoms with E-state index >= 15 is 0 Å². The van der Waals surface area contributed by atoms with Gasteiger partial charge in [-0.25, -0.2) is 0 Å². The van der Waals surface area contributed by atoms with Crippen LogP contribution < -0.4 is 16.4 Å². The summed E-state index contributed by atoms with van der Waals surface area (Å²) in [6.07, 6.45) is 0.502. The fourth-order valence-corrected chi connectivity index (χ4v) is 3.91. The van der Waals surface area contributed by atoms with Crippen molar-refractivity contribution >= 4 is 29.3 Å². The van der Waals surface area contributed by atoms with E-state index in [9.17, 15) is 19.2 Å². The van der Waals surface area contributed by atoms with Crippen LogP contribution in [-0.4, -0.2) is 34.6 Å². The maximum atomic E-state index is 12.7. The van der Waals surface area contributed by atoms with Crippen molar-refractivity contribution < 1.29 is 19.2 Å². The Balaban J connectivity index is 1.49. The van der Waals surface area contributed by atoms with Crippen molar-refractivity contribution in [3.05, 3.63) is 64.7 Å². The van der Waals surface area contributed by atoms with Crippen molar-refractivity contribution in [1.82, 2.24) is 15.5 Å². The van der Waals surface area contributed by atoms with E-state index in [1.54, 1.807) is 24.3 Å². The number of rotatable bonds is 4. The molecule has 0 radical (unpaired) electrons. The van der Waals surface area contributed by atoms with Gasteiger partial charge in [-0.3, -0.25) is 24.5 Å². The second-order valence-electron chi connectivity index (χ2n) is 7.64. The number of amides is 4. The van der Waals surface area contributed by atoms with E-state index in [4.69, 9.17) is 5.73 Å². The predicted molar refractivity (Wildman–Crippen MR) is 109 cm³/mol. The van der Waals surface area contributed by atoms with Crippen LogP contribution in [0.5, 0.6) is 0 Å². The first-order chi connectivity index (χ1) is 14.3. The lowest BCUT2D eigenvalue weighted by Gasteiger charge is -2.29. The van der Waals surface area contributed by atoms with Gasteiger partial charge >= 0.3 is 0 Å². The number of nitrogen functional groups attached to an aromatic ring is 1. The predicted octanol–water partition coefficient (Wildman–Crippen LogP) is 1.52. The first-order valence-electron chi connectivity index (χ1n) is 9.77. The van der Waals surface area contributed by atoms with Gasteiger partial charge in [-0.15, -0.1) is 0 Å². The van der Waals surface area contributed by atoms with E-state index in [-0.39, 0.29) is 36.7 Å². The number of piperidine rings is 1. The summed E-state index contributed by atoms with van der Waals surface area (Å²) in [6.45, 7) is 2.10. The molecule has 4 N–H and O–H groups in total. The molecule has 4 rings (SSSR count). The van der Waals surface area contributed by atoms with Gasteiger partial charge in [0.2, 0.25) is 11.8 Å². The highest BCUT2D eigenvalue weighted by atomic mass is 16.2. The number of hydrogen-bond acceptors (Lipinski definition) is 5. The Morgan fingerprint density at radius 1 is 1.20 bits per heavy atom. The maximum absolute atomic E-state index is 12.7. The fourth-order valence-electron chi connectivity index (χ4n) is 3.91. The van der Waals surface area contributed by atoms with Gasteiger partial charge in [-0.2, -0.15) is 0 Å². The Kier molecular flexibility index (Phi) is 4.99. The summed E-state index contributed by atoms with van der Waals surface area (Å²) in [5, 5.41) is 5.21. The van der Waals surface area contributed by atoms with E-state index in [0.717, 1.165) is 5.56 Å². The number of nitrogens with two attached hydrogens (primary N) is 1. The Morgan fingerprint density at radius 2 is 2.00 bits per heavy atom. The van der Waals surface area contributed by atoms with Crippen molar-refractivity contribution in [2.24, 2.45) is 0 Å². The molecule has 1 saturated heterocycles. The smallest absolute Gasteiger partial charge is 0.255 e. The van der Waals surface area contributed by atoms with E-state index in [0.29, 0.717) is 28.8 Å². The number of anilines is 1. The lowest BCUT2D eigenvalue weighted by molar-refractivity contribution is -0.136. The summed E-state index contributed by atoms with van der Waals surface area (Å²) in [6, 6.07) is 11.3. The van der Waals surface area contributed by atoms with Gasteiger partial charge < -0.3 is 16.0 Å². The van der Waals surface area contributed by atoms with Crippen molar-refractivity contribution in [3.8, 4) is 0 Å². The zero-order chi connectivity index (χ0) is 21.4. The monoisotopic (exact) mass is 406 g/mol. The molecule has 1 fully saturated rings. The molecular formula is C22H22N4O4. The Bertz CT molecular complexity index is 1060. The van der Waals surface area contributed by atoms with Gasteiger partial charge in [0.15, 0.2) is 0 Å². The molecule has 1 unspecified atom stereocenters. The Hall–Kier alpha value is -3.68. The number of hydrogen-bond donors (Lipinski definition) is 3. The number of nitrogens with zero attached hydrogens (tertiary/aromatic N) is 1. The quantitative estimate of drug-likeness (QED) is 0.525. The molecule has 30 heavy (non-hydrogen) atoms. The molecule has 0 aromatic heterocycles. The minimum absolute atomic E-state index is 0.200. The number of imide groups is 1. The fraction of sp³-hybridized carbons (Fsp3) is 0.273. The van der Waals surface area contributed by atoms with Crippen molar-refractivity contribution in [3.63, 3.8) is 0 Å². The van der Waals surface area contributed by atoms with Crippen molar-refractivity contribution in [2.75, 3.05) is 5.73 Å². The largest absolute Gasteiger partial charge is 0.399 e. The van der Waals surface area contributed by atoms with Crippen LogP contribution in [0.2, 0.25) is 0 Å². The maximum Gasteiger partial charge on any atom is 0.255 e. The van der Waals surface area contributed by atoms with Gasteiger partial charge in [0.05, 0.1) is 6.04 Å².